The van der Waals surface area contributed by atoms with Gasteiger partial charge in [0.25, 0.3) is 0 Å². The first kappa shape index (κ1) is 7.66. The fourth-order valence-corrected chi connectivity index (χ4v) is 1.78. The van der Waals surface area contributed by atoms with Crippen LogP contribution >= 0.6 is 0 Å². The van der Waals surface area contributed by atoms with Crippen molar-refractivity contribution in [2.75, 3.05) is 5.32 Å². The summed E-state index contributed by atoms with van der Waals surface area (Å²) in [5, 5.41) is 3.49. The third-order valence-corrected chi connectivity index (χ3v) is 2.51. The molecule has 0 bridgehead atoms. The van der Waals surface area contributed by atoms with Crippen LogP contribution in [0.2, 0.25) is 0 Å². The zero-order valence-corrected chi connectivity index (χ0v) is 7.72. The quantitative estimate of drug-likeness (QED) is 0.617. The molecule has 1 aromatic carbocycles. The number of fused-ring (bicyclic) bond motifs is 1. The van der Waals surface area contributed by atoms with Crippen molar-refractivity contribution in [2.45, 2.75) is 32.7 Å². The Morgan fingerprint density at radius 2 is 2.25 bits per heavy atom. The van der Waals surface area contributed by atoms with E-state index in [2.05, 4.69) is 37.4 Å². The molecule has 0 radical (unpaired) electrons. The summed E-state index contributed by atoms with van der Waals surface area (Å²) in [6, 6.07) is 7.29. The van der Waals surface area contributed by atoms with Gasteiger partial charge in [0, 0.05) is 11.7 Å². The van der Waals surface area contributed by atoms with Gasteiger partial charge in [-0.1, -0.05) is 17.7 Å². The fourth-order valence-electron chi connectivity index (χ4n) is 1.78. The minimum Gasteiger partial charge on any atom is -0.382 e. The Morgan fingerprint density at radius 1 is 1.42 bits per heavy atom. The second-order valence-corrected chi connectivity index (χ2v) is 3.74. The molecule has 1 N–H and O–H groups in total. The Bertz CT molecular complexity index is 291. The zero-order valence-electron chi connectivity index (χ0n) is 7.72. The molecule has 0 aliphatic carbocycles. The van der Waals surface area contributed by atoms with Gasteiger partial charge in [0.15, 0.2) is 0 Å². The average Bonchev–Trinajstić information content (AvgIpc) is 2.05. The van der Waals surface area contributed by atoms with Crippen molar-refractivity contribution in [2.24, 2.45) is 0 Å². The van der Waals surface area contributed by atoms with Gasteiger partial charge in [-0.15, -0.1) is 0 Å². The van der Waals surface area contributed by atoms with E-state index in [1.165, 1.54) is 29.7 Å². The normalized spacial score (nSPS) is 21.3. The standard InChI is InChI=1S/C11H15N/c1-8-3-6-11-10(7-8)5-4-9(2)12-11/h3,6-7,9,12H,4-5H2,1-2H3/t9-/m1/s1. The van der Waals surface area contributed by atoms with Gasteiger partial charge in [0.2, 0.25) is 0 Å². The SMILES string of the molecule is Cc1ccc2c(c1)CC[C@@H](C)N2. The summed E-state index contributed by atoms with van der Waals surface area (Å²) in [6.07, 6.45) is 2.49. The molecule has 0 saturated heterocycles. The minimum atomic E-state index is 0.639. The number of aryl methyl sites for hydroxylation is 2. The number of rotatable bonds is 0. The third kappa shape index (κ3) is 1.31. The lowest BCUT2D eigenvalue weighted by atomic mass is 9.97. The van der Waals surface area contributed by atoms with Gasteiger partial charge in [-0.3, -0.25) is 0 Å². The van der Waals surface area contributed by atoms with Crippen LogP contribution in [0.25, 0.3) is 0 Å². The lowest BCUT2D eigenvalue weighted by molar-refractivity contribution is 0.680. The summed E-state index contributed by atoms with van der Waals surface area (Å²) in [4.78, 5) is 0. The molecular weight excluding hydrogens is 146 g/mol. The van der Waals surface area contributed by atoms with Gasteiger partial charge < -0.3 is 5.32 Å². The van der Waals surface area contributed by atoms with E-state index in [0.717, 1.165) is 0 Å². The monoisotopic (exact) mass is 161 g/mol. The van der Waals surface area contributed by atoms with Gasteiger partial charge in [-0.2, -0.15) is 0 Å². The molecule has 2 rings (SSSR count). The van der Waals surface area contributed by atoms with Gasteiger partial charge in [-0.05, 0) is 38.3 Å². The molecule has 0 unspecified atom stereocenters. The van der Waals surface area contributed by atoms with Crippen LogP contribution in [0, 0.1) is 6.92 Å². The summed E-state index contributed by atoms with van der Waals surface area (Å²) >= 11 is 0. The molecule has 1 nitrogen and oxygen atoms in total. The smallest absolute Gasteiger partial charge is 0.0374 e. The maximum absolute atomic E-state index is 3.49. The second kappa shape index (κ2) is 2.81. The summed E-state index contributed by atoms with van der Waals surface area (Å²) < 4.78 is 0. The van der Waals surface area contributed by atoms with Crippen LogP contribution in [0.3, 0.4) is 0 Å². The van der Waals surface area contributed by atoms with Crippen LogP contribution in [0.15, 0.2) is 18.2 Å². The van der Waals surface area contributed by atoms with Crippen LogP contribution in [0.1, 0.15) is 24.5 Å². The highest BCUT2D eigenvalue weighted by atomic mass is 14.9. The van der Waals surface area contributed by atoms with Crippen molar-refractivity contribution in [3.8, 4) is 0 Å². The molecule has 0 saturated carbocycles. The summed E-state index contributed by atoms with van der Waals surface area (Å²) in [5.41, 5.74) is 4.18. The molecule has 1 aliphatic rings. The van der Waals surface area contributed by atoms with E-state index in [-0.39, 0.29) is 0 Å². The van der Waals surface area contributed by atoms with E-state index < -0.39 is 0 Å². The molecule has 64 valence electrons. The Labute approximate surface area is 73.8 Å². The molecule has 1 aliphatic heterocycles. The molecule has 12 heavy (non-hydrogen) atoms. The largest absolute Gasteiger partial charge is 0.382 e. The Morgan fingerprint density at radius 3 is 3.08 bits per heavy atom. The molecular formula is C11H15N. The zero-order chi connectivity index (χ0) is 8.55. The van der Waals surface area contributed by atoms with Crippen molar-refractivity contribution in [1.82, 2.24) is 0 Å². The lowest BCUT2D eigenvalue weighted by Crippen LogP contribution is -2.21. The number of anilines is 1. The van der Waals surface area contributed by atoms with Crippen molar-refractivity contribution in [1.29, 1.82) is 0 Å². The van der Waals surface area contributed by atoms with Crippen molar-refractivity contribution in [3.63, 3.8) is 0 Å². The molecule has 1 heterocycles. The topological polar surface area (TPSA) is 12.0 Å². The van der Waals surface area contributed by atoms with E-state index in [4.69, 9.17) is 0 Å². The van der Waals surface area contributed by atoms with E-state index in [1.54, 1.807) is 0 Å². The van der Waals surface area contributed by atoms with Crippen LogP contribution < -0.4 is 5.32 Å². The molecule has 0 fully saturated rings. The molecule has 1 heteroatoms. The molecule has 0 aromatic heterocycles. The number of benzene rings is 1. The number of nitrogens with one attached hydrogen (secondary N) is 1. The molecule has 1 atom stereocenters. The van der Waals surface area contributed by atoms with E-state index in [0.29, 0.717) is 6.04 Å². The van der Waals surface area contributed by atoms with Gasteiger partial charge >= 0.3 is 0 Å². The van der Waals surface area contributed by atoms with Gasteiger partial charge in [0.05, 0.1) is 0 Å². The second-order valence-electron chi connectivity index (χ2n) is 3.74. The molecule has 0 spiro atoms. The third-order valence-electron chi connectivity index (χ3n) is 2.51. The average molecular weight is 161 g/mol. The minimum absolute atomic E-state index is 0.639. The van der Waals surface area contributed by atoms with Crippen LogP contribution in [0.5, 0.6) is 0 Å². The first-order valence-corrected chi connectivity index (χ1v) is 4.62. The van der Waals surface area contributed by atoms with Crippen LogP contribution in [-0.4, -0.2) is 6.04 Å². The van der Waals surface area contributed by atoms with E-state index in [1.807, 2.05) is 0 Å². The number of hydrogen-bond acceptors (Lipinski definition) is 1. The van der Waals surface area contributed by atoms with E-state index in [9.17, 15) is 0 Å². The highest BCUT2D eigenvalue weighted by Crippen LogP contribution is 2.25. The predicted octanol–water partition coefficient (Wildman–Crippen LogP) is 2.74. The van der Waals surface area contributed by atoms with Crippen LogP contribution in [-0.2, 0) is 6.42 Å². The van der Waals surface area contributed by atoms with E-state index >= 15 is 0 Å². The van der Waals surface area contributed by atoms with Crippen LogP contribution in [0.4, 0.5) is 5.69 Å². The predicted molar refractivity (Wildman–Crippen MR) is 52.6 cm³/mol. The highest BCUT2D eigenvalue weighted by Gasteiger charge is 2.12. The summed E-state index contributed by atoms with van der Waals surface area (Å²) in [7, 11) is 0. The highest BCUT2D eigenvalue weighted by molar-refractivity contribution is 5.54. The Kier molecular flexibility index (Phi) is 1.80. The number of hydrogen-bond donors (Lipinski definition) is 1. The first-order valence-electron chi connectivity index (χ1n) is 4.62. The fraction of sp³-hybridized carbons (Fsp3) is 0.455. The molecule has 0 amide bonds. The van der Waals surface area contributed by atoms with Crippen molar-refractivity contribution >= 4 is 5.69 Å². The first-order chi connectivity index (χ1) is 5.75. The summed E-state index contributed by atoms with van der Waals surface area (Å²) in [5.74, 6) is 0. The van der Waals surface area contributed by atoms with Crippen molar-refractivity contribution in [3.05, 3.63) is 29.3 Å². The maximum Gasteiger partial charge on any atom is 0.0374 e. The van der Waals surface area contributed by atoms with Gasteiger partial charge in [-0.25, -0.2) is 0 Å². The maximum atomic E-state index is 3.49. The Hall–Kier alpha value is -0.980. The molecule has 1 aromatic rings. The van der Waals surface area contributed by atoms with Gasteiger partial charge in [0.1, 0.15) is 0 Å². The summed E-state index contributed by atoms with van der Waals surface area (Å²) in [6.45, 7) is 4.39. The Balaban J connectivity index is 2.37. The van der Waals surface area contributed by atoms with Crippen molar-refractivity contribution < 1.29 is 0 Å². The lowest BCUT2D eigenvalue weighted by Gasteiger charge is -2.24.